The Balaban J connectivity index is 2.82. The van der Waals surface area contributed by atoms with Gasteiger partial charge >= 0.3 is 0 Å². The molecule has 0 unspecified atom stereocenters. The van der Waals surface area contributed by atoms with Gasteiger partial charge in [-0.15, -0.1) is 0 Å². The molecule has 0 atom stereocenters. The highest BCUT2D eigenvalue weighted by Gasteiger charge is 2.23. The Kier molecular flexibility index (Phi) is 9.12. The molecule has 0 aliphatic carbocycles. The van der Waals surface area contributed by atoms with Crippen LogP contribution in [-0.2, 0) is 24.2 Å². The smallest absolute Gasteiger partial charge is 0.243 e. The number of hydrogen-bond acceptors (Lipinski definition) is 6. The largest absolute Gasteiger partial charge is 0.491 e. The van der Waals surface area contributed by atoms with Gasteiger partial charge in [0.05, 0.1) is 24.7 Å². The van der Waals surface area contributed by atoms with Gasteiger partial charge < -0.3 is 18.9 Å². The summed E-state index contributed by atoms with van der Waals surface area (Å²) in [6, 6.07) is 6.33. The van der Waals surface area contributed by atoms with Crippen LogP contribution in [0.5, 0.6) is 5.75 Å². The summed E-state index contributed by atoms with van der Waals surface area (Å²) in [6.45, 7) is 2.07. The quantitative estimate of drug-likeness (QED) is 0.525. The molecule has 0 N–H and O–H groups in total. The van der Waals surface area contributed by atoms with Crippen molar-refractivity contribution < 1.29 is 27.4 Å². The summed E-state index contributed by atoms with van der Waals surface area (Å²) in [4.78, 5) is 0.212. The highest BCUT2D eigenvalue weighted by Crippen LogP contribution is 2.19. The molecular formula is C15H25NO6S. The summed E-state index contributed by atoms with van der Waals surface area (Å²) in [5.74, 6) is 0.598. The molecule has 8 heteroatoms. The predicted molar refractivity (Wildman–Crippen MR) is 86.3 cm³/mol. The molecule has 0 heterocycles. The van der Waals surface area contributed by atoms with Crippen LogP contribution in [0.3, 0.4) is 0 Å². The Labute approximate surface area is 138 Å². The fraction of sp³-hybridized carbons (Fsp3) is 0.600. The zero-order valence-corrected chi connectivity index (χ0v) is 14.7. The molecule has 0 fully saturated rings. The summed E-state index contributed by atoms with van der Waals surface area (Å²) >= 11 is 0. The topological polar surface area (TPSA) is 74.3 Å². The van der Waals surface area contributed by atoms with Crippen molar-refractivity contribution in [2.24, 2.45) is 0 Å². The van der Waals surface area contributed by atoms with E-state index in [1.54, 1.807) is 19.2 Å². The fourth-order valence-corrected chi connectivity index (χ4v) is 3.25. The third-order valence-electron chi connectivity index (χ3n) is 3.11. The number of methoxy groups -OCH3 is 3. The minimum Gasteiger partial charge on any atom is -0.491 e. The Morgan fingerprint density at radius 1 is 0.826 bits per heavy atom. The number of nitrogens with zero attached hydrogens (tertiary/aromatic N) is 1. The normalized spacial score (nSPS) is 11.8. The summed E-state index contributed by atoms with van der Waals surface area (Å²) in [5, 5.41) is 0. The predicted octanol–water partition coefficient (Wildman–Crippen LogP) is 0.995. The van der Waals surface area contributed by atoms with Crippen LogP contribution < -0.4 is 4.74 Å². The molecule has 0 spiro atoms. The van der Waals surface area contributed by atoms with E-state index in [1.165, 1.54) is 30.7 Å². The Morgan fingerprint density at radius 2 is 1.35 bits per heavy atom. The third-order valence-corrected chi connectivity index (χ3v) is 5.02. The van der Waals surface area contributed by atoms with E-state index < -0.39 is 10.0 Å². The van der Waals surface area contributed by atoms with E-state index in [1.807, 2.05) is 0 Å². The fourth-order valence-electron chi connectivity index (χ4n) is 1.84. The average molecular weight is 347 g/mol. The second-order valence-corrected chi connectivity index (χ2v) is 6.64. The van der Waals surface area contributed by atoms with Gasteiger partial charge in [0.25, 0.3) is 0 Å². The molecule has 0 aliphatic heterocycles. The first kappa shape index (κ1) is 19.9. The molecule has 0 saturated heterocycles. The van der Waals surface area contributed by atoms with E-state index in [4.69, 9.17) is 18.9 Å². The minimum absolute atomic E-state index is 0.212. The van der Waals surface area contributed by atoms with Crippen molar-refractivity contribution in [1.82, 2.24) is 4.31 Å². The average Bonchev–Trinajstić information content (AvgIpc) is 2.55. The molecule has 23 heavy (non-hydrogen) atoms. The minimum atomic E-state index is -3.59. The Morgan fingerprint density at radius 3 is 1.83 bits per heavy atom. The molecule has 0 amide bonds. The van der Waals surface area contributed by atoms with Crippen LogP contribution in [0.4, 0.5) is 0 Å². The highest BCUT2D eigenvalue weighted by atomic mass is 32.2. The maximum atomic E-state index is 12.7. The van der Waals surface area contributed by atoms with Gasteiger partial charge in [-0.25, -0.2) is 8.42 Å². The molecule has 0 bridgehead atoms. The standard InChI is InChI=1S/C15H25NO6S/c1-19-10-8-16(9-11-20-2)23(17,18)15-6-4-14(5-7-15)22-13-12-21-3/h4-7H,8-13H2,1-3H3. The zero-order valence-electron chi connectivity index (χ0n) is 13.9. The van der Waals surface area contributed by atoms with Gasteiger partial charge in [0.2, 0.25) is 10.0 Å². The van der Waals surface area contributed by atoms with Crippen LogP contribution in [0.25, 0.3) is 0 Å². The van der Waals surface area contributed by atoms with Crippen LogP contribution in [0.15, 0.2) is 29.2 Å². The molecule has 1 rings (SSSR count). The number of rotatable bonds is 12. The van der Waals surface area contributed by atoms with Gasteiger partial charge in [-0.05, 0) is 24.3 Å². The van der Waals surface area contributed by atoms with Gasteiger partial charge in [0.15, 0.2) is 0 Å². The molecule has 1 aromatic rings. The third kappa shape index (κ3) is 6.44. The van der Waals surface area contributed by atoms with Crippen molar-refractivity contribution in [3.63, 3.8) is 0 Å². The van der Waals surface area contributed by atoms with Gasteiger partial charge in [-0.2, -0.15) is 4.31 Å². The first-order valence-electron chi connectivity index (χ1n) is 7.26. The second-order valence-electron chi connectivity index (χ2n) is 4.70. The van der Waals surface area contributed by atoms with E-state index in [2.05, 4.69) is 0 Å². The van der Waals surface area contributed by atoms with Crippen molar-refractivity contribution >= 4 is 10.0 Å². The summed E-state index contributed by atoms with van der Waals surface area (Å²) in [6.07, 6.45) is 0. The van der Waals surface area contributed by atoms with Gasteiger partial charge in [0, 0.05) is 34.4 Å². The highest BCUT2D eigenvalue weighted by molar-refractivity contribution is 7.89. The molecule has 1 aromatic carbocycles. The second kappa shape index (κ2) is 10.6. The summed E-state index contributed by atoms with van der Waals surface area (Å²) in [7, 11) is 1.07. The van der Waals surface area contributed by atoms with Crippen LogP contribution in [-0.4, -0.2) is 73.6 Å². The number of sulfonamides is 1. The van der Waals surface area contributed by atoms with E-state index in [-0.39, 0.29) is 18.0 Å². The van der Waals surface area contributed by atoms with Crippen molar-refractivity contribution in [3.05, 3.63) is 24.3 Å². The number of ether oxygens (including phenoxy) is 4. The SMILES string of the molecule is COCCOc1ccc(S(=O)(=O)N(CCOC)CCOC)cc1. The first-order chi connectivity index (χ1) is 11.1. The molecular weight excluding hydrogens is 322 g/mol. The lowest BCUT2D eigenvalue weighted by Gasteiger charge is -2.21. The summed E-state index contributed by atoms with van der Waals surface area (Å²) < 4.78 is 47.0. The van der Waals surface area contributed by atoms with Crippen molar-refractivity contribution in [1.29, 1.82) is 0 Å². The van der Waals surface area contributed by atoms with Gasteiger partial charge in [-0.1, -0.05) is 0 Å². The van der Waals surface area contributed by atoms with Crippen molar-refractivity contribution in [3.8, 4) is 5.75 Å². The zero-order chi connectivity index (χ0) is 17.1. The van der Waals surface area contributed by atoms with E-state index in [9.17, 15) is 8.42 Å². The monoisotopic (exact) mass is 347 g/mol. The molecule has 0 aromatic heterocycles. The van der Waals surface area contributed by atoms with Crippen molar-refractivity contribution in [2.45, 2.75) is 4.90 Å². The van der Waals surface area contributed by atoms with Crippen LogP contribution in [0.2, 0.25) is 0 Å². The lowest BCUT2D eigenvalue weighted by Crippen LogP contribution is -2.36. The molecule has 0 radical (unpaired) electrons. The van der Waals surface area contributed by atoms with Crippen LogP contribution >= 0.6 is 0 Å². The van der Waals surface area contributed by atoms with Gasteiger partial charge in [-0.3, -0.25) is 0 Å². The molecule has 132 valence electrons. The first-order valence-corrected chi connectivity index (χ1v) is 8.70. The number of hydrogen-bond donors (Lipinski definition) is 0. The lowest BCUT2D eigenvalue weighted by molar-refractivity contribution is 0.146. The molecule has 0 aliphatic rings. The Bertz CT molecular complexity index is 523. The maximum Gasteiger partial charge on any atom is 0.243 e. The Hall–Kier alpha value is -1.19. The van der Waals surface area contributed by atoms with E-state index >= 15 is 0 Å². The molecule has 7 nitrogen and oxygen atoms in total. The number of benzene rings is 1. The molecule has 0 saturated carbocycles. The maximum absolute atomic E-state index is 12.7. The lowest BCUT2D eigenvalue weighted by atomic mass is 10.3. The van der Waals surface area contributed by atoms with Crippen LogP contribution in [0.1, 0.15) is 0 Å². The van der Waals surface area contributed by atoms with Crippen molar-refractivity contribution in [2.75, 3.05) is 60.8 Å². The van der Waals surface area contributed by atoms with E-state index in [0.717, 1.165) is 0 Å². The van der Waals surface area contributed by atoms with Gasteiger partial charge in [0.1, 0.15) is 12.4 Å². The van der Waals surface area contributed by atoms with Crippen LogP contribution in [0, 0.1) is 0 Å². The summed E-state index contributed by atoms with van der Waals surface area (Å²) in [5.41, 5.74) is 0. The van der Waals surface area contributed by atoms with E-state index in [0.29, 0.717) is 32.2 Å².